The van der Waals surface area contributed by atoms with Crippen LogP contribution in [0.4, 0.5) is 0 Å². The SMILES string of the molecule is Cc1ccc(OCCCC(=O)N2CCC(NC(=O)c3ccncc3)CC2)cc1. The van der Waals surface area contributed by atoms with Crippen LogP contribution in [0.5, 0.6) is 5.75 Å². The van der Waals surface area contributed by atoms with Gasteiger partial charge >= 0.3 is 0 Å². The van der Waals surface area contributed by atoms with Gasteiger partial charge in [0.05, 0.1) is 6.61 Å². The smallest absolute Gasteiger partial charge is 0.251 e. The number of nitrogens with zero attached hydrogens (tertiary/aromatic N) is 2. The number of hydrogen-bond donors (Lipinski definition) is 1. The molecule has 0 aliphatic carbocycles. The lowest BCUT2D eigenvalue weighted by Crippen LogP contribution is -2.46. The molecule has 1 aliphatic heterocycles. The minimum Gasteiger partial charge on any atom is -0.494 e. The molecule has 3 rings (SSSR count). The van der Waals surface area contributed by atoms with E-state index in [0.717, 1.165) is 18.6 Å². The Morgan fingerprint density at radius 3 is 2.46 bits per heavy atom. The number of nitrogens with one attached hydrogen (secondary N) is 1. The molecule has 0 radical (unpaired) electrons. The zero-order valence-electron chi connectivity index (χ0n) is 16.3. The molecule has 1 N–H and O–H groups in total. The van der Waals surface area contributed by atoms with Crippen LogP contribution < -0.4 is 10.1 Å². The van der Waals surface area contributed by atoms with Crippen molar-refractivity contribution in [2.75, 3.05) is 19.7 Å². The van der Waals surface area contributed by atoms with Gasteiger partial charge in [0, 0.05) is 43.5 Å². The van der Waals surface area contributed by atoms with Crippen LogP contribution in [-0.2, 0) is 4.79 Å². The molecule has 1 fully saturated rings. The standard InChI is InChI=1S/C22H27N3O3/c1-17-4-6-20(7-5-17)28-16-2-3-21(26)25-14-10-19(11-15-25)24-22(27)18-8-12-23-13-9-18/h4-9,12-13,19H,2-3,10-11,14-16H2,1H3,(H,24,27). The normalized spacial score (nSPS) is 14.5. The maximum Gasteiger partial charge on any atom is 0.251 e. The number of hydrogen-bond acceptors (Lipinski definition) is 4. The summed E-state index contributed by atoms with van der Waals surface area (Å²) in [6.45, 7) is 3.93. The molecular formula is C22H27N3O3. The van der Waals surface area contributed by atoms with Crippen molar-refractivity contribution in [3.63, 3.8) is 0 Å². The van der Waals surface area contributed by atoms with Crippen molar-refractivity contribution in [1.82, 2.24) is 15.2 Å². The average molecular weight is 381 g/mol. The fourth-order valence-electron chi connectivity index (χ4n) is 3.25. The highest BCUT2D eigenvalue weighted by Crippen LogP contribution is 2.14. The lowest BCUT2D eigenvalue weighted by molar-refractivity contribution is -0.132. The van der Waals surface area contributed by atoms with Gasteiger partial charge in [0.25, 0.3) is 5.91 Å². The summed E-state index contributed by atoms with van der Waals surface area (Å²) in [6, 6.07) is 11.4. The number of carbonyl (C=O) groups is 2. The molecule has 28 heavy (non-hydrogen) atoms. The molecule has 0 saturated carbocycles. The number of piperidine rings is 1. The molecule has 2 amide bonds. The van der Waals surface area contributed by atoms with E-state index in [2.05, 4.69) is 10.3 Å². The number of aryl methyl sites for hydroxylation is 1. The van der Waals surface area contributed by atoms with Gasteiger partial charge < -0.3 is 15.0 Å². The fraction of sp³-hybridized carbons (Fsp3) is 0.409. The highest BCUT2D eigenvalue weighted by molar-refractivity contribution is 5.94. The van der Waals surface area contributed by atoms with Gasteiger partial charge in [-0.2, -0.15) is 0 Å². The molecule has 0 atom stereocenters. The molecule has 2 aromatic rings. The first-order valence-corrected chi connectivity index (χ1v) is 9.80. The fourth-order valence-corrected chi connectivity index (χ4v) is 3.25. The molecule has 6 heteroatoms. The Labute approximate surface area is 165 Å². The summed E-state index contributed by atoms with van der Waals surface area (Å²) >= 11 is 0. The van der Waals surface area contributed by atoms with E-state index in [4.69, 9.17) is 4.74 Å². The molecule has 2 heterocycles. The van der Waals surface area contributed by atoms with Crippen molar-refractivity contribution in [3.8, 4) is 5.75 Å². The Morgan fingerprint density at radius 1 is 1.11 bits per heavy atom. The molecule has 0 spiro atoms. The van der Waals surface area contributed by atoms with Crippen LogP contribution >= 0.6 is 0 Å². The summed E-state index contributed by atoms with van der Waals surface area (Å²) in [5.41, 5.74) is 1.81. The Hall–Kier alpha value is -2.89. The van der Waals surface area contributed by atoms with Crippen LogP contribution in [0.15, 0.2) is 48.8 Å². The van der Waals surface area contributed by atoms with Crippen molar-refractivity contribution in [1.29, 1.82) is 0 Å². The molecule has 0 unspecified atom stereocenters. The third-order valence-electron chi connectivity index (χ3n) is 4.95. The van der Waals surface area contributed by atoms with Gasteiger partial charge in [-0.25, -0.2) is 0 Å². The van der Waals surface area contributed by atoms with E-state index in [1.807, 2.05) is 36.1 Å². The van der Waals surface area contributed by atoms with E-state index in [0.29, 0.717) is 38.1 Å². The lowest BCUT2D eigenvalue weighted by atomic mass is 10.0. The van der Waals surface area contributed by atoms with E-state index in [1.165, 1.54) is 5.56 Å². The summed E-state index contributed by atoms with van der Waals surface area (Å²) in [7, 11) is 0. The Bertz CT molecular complexity index is 769. The summed E-state index contributed by atoms with van der Waals surface area (Å²) in [5, 5.41) is 3.04. The number of ether oxygens (including phenoxy) is 1. The first kappa shape index (κ1) is 19.9. The van der Waals surface area contributed by atoms with Crippen molar-refractivity contribution in [2.24, 2.45) is 0 Å². The Balaban J connectivity index is 1.33. The van der Waals surface area contributed by atoms with Crippen LogP contribution in [0.2, 0.25) is 0 Å². The number of amides is 2. The second-order valence-electron chi connectivity index (χ2n) is 7.13. The maximum absolute atomic E-state index is 12.4. The number of benzene rings is 1. The van der Waals surface area contributed by atoms with Crippen LogP contribution in [0.25, 0.3) is 0 Å². The predicted octanol–water partition coefficient (Wildman–Crippen LogP) is 2.97. The number of carbonyl (C=O) groups excluding carboxylic acids is 2. The van der Waals surface area contributed by atoms with Gasteiger partial charge in [0.1, 0.15) is 5.75 Å². The Kier molecular flexibility index (Phi) is 7.00. The molecule has 148 valence electrons. The van der Waals surface area contributed by atoms with Crippen molar-refractivity contribution in [2.45, 2.75) is 38.6 Å². The van der Waals surface area contributed by atoms with Crippen LogP contribution in [0.1, 0.15) is 41.6 Å². The minimum absolute atomic E-state index is 0.0829. The summed E-state index contributed by atoms with van der Waals surface area (Å²) < 4.78 is 5.68. The number of pyridine rings is 1. The van der Waals surface area contributed by atoms with E-state index < -0.39 is 0 Å². The maximum atomic E-state index is 12.4. The number of likely N-dealkylation sites (tertiary alicyclic amines) is 1. The highest BCUT2D eigenvalue weighted by atomic mass is 16.5. The number of aromatic nitrogens is 1. The van der Waals surface area contributed by atoms with Gasteiger partial charge in [-0.05, 0) is 50.5 Å². The molecule has 6 nitrogen and oxygen atoms in total. The van der Waals surface area contributed by atoms with Gasteiger partial charge in [-0.1, -0.05) is 17.7 Å². The molecule has 1 aromatic heterocycles. The lowest BCUT2D eigenvalue weighted by Gasteiger charge is -2.32. The summed E-state index contributed by atoms with van der Waals surface area (Å²) in [4.78, 5) is 30.4. The summed E-state index contributed by atoms with van der Waals surface area (Å²) in [6.07, 6.45) is 5.97. The zero-order chi connectivity index (χ0) is 19.8. The van der Waals surface area contributed by atoms with E-state index in [9.17, 15) is 9.59 Å². The van der Waals surface area contributed by atoms with Crippen LogP contribution in [0, 0.1) is 6.92 Å². The average Bonchev–Trinajstić information content (AvgIpc) is 2.73. The van der Waals surface area contributed by atoms with Crippen molar-refractivity contribution in [3.05, 3.63) is 59.9 Å². The molecule has 1 saturated heterocycles. The van der Waals surface area contributed by atoms with E-state index in [1.54, 1.807) is 24.5 Å². The van der Waals surface area contributed by atoms with Gasteiger partial charge in [0.2, 0.25) is 5.91 Å². The molecule has 1 aliphatic rings. The van der Waals surface area contributed by atoms with Gasteiger partial charge in [-0.15, -0.1) is 0 Å². The van der Waals surface area contributed by atoms with Crippen molar-refractivity contribution >= 4 is 11.8 Å². The van der Waals surface area contributed by atoms with Gasteiger partial charge in [0.15, 0.2) is 0 Å². The van der Waals surface area contributed by atoms with E-state index in [-0.39, 0.29) is 17.9 Å². The van der Waals surface area contributed by atoms with Crippen molar-refractivity contribution < 1.29 is 14.3 Å². The first-order chi connectivity index (χ1) is 13.6. The minimum atomic E-state index is -0.0829. The second-order valence-corrected chi connectivity index (χ2v) is 7.13. The van der Waals surface area contributed by atoms with E-state index >= 15 is 0 Å². The monoisotopic (exact) mass is 381 g/mol. The quantitative estimate of drug-likeness (QED) is 0.749. The number of rotatable bonds is 7. The topological polar surface area (TPSA) is 71.5 Å². The van der Waals surface area contributed by atoms with Gasteiger partial charge in [-0.3, -0.25) is 14.6 Å². The molecular weight excluding hydrogens is 354 g/mol. The Morgan fingerprint density at radius 2 is 1.79 bits per heavy atom. The van der Waals surface area contributed by atoms with Crippen LogP contribution in [0.3, 0.4) is 0 Å². The first-order valence-electron chi connectivity index (χ1n) is 9.80. The van der Waals surface area contributed by atoms with Crippen LogP contribution in [-0.4, -0.2) is 47.4 Å². The highest BCUT2D eigenvalue weighted by Gasteiger charge is 2.23. The zero-order valence-corrected chi connectivity index (χ0v) is 16.3. The molecule has 0 bridgehead atoms. The third kappa shape index (κ3) is 5.81. The largest absolute Gasteiger partial charge is 0.494 e. The predicted molar refractivity (Wildman–Crippen MR) is 107 cm³/mol. The summed E-state index contributed by atoms with van der Waals surface area (Å²) in [5.74, 6) is 0.913. The second kappa shape index (κ2) is 9.88. The third-order valence-corrected chi connectivity index (χ3v) is 4.95. The molecule has 1 aromatic carbocycles.